The van der Waals surface area contributed by atoms with E-state index in [2.05, 4.69) is 25.6 Å². The lowest BCUT2D eigenvalue weighted by molar-refractivity contribution is 0.0755. The lowest BCUT2D eigenvalue weighted by Gasteiger charge is -2.23. The molecule has 3 rings (SSSR count). The van der Waals surface area contributed by atoms with Crippen molar-refractivity contribution in [2.45, 2.75) is 19.5 Å². The fraction of sp³-hybridized carbons (Fsp3) is 0.400. The van der Waals surface area contributed by atoms with E-state index in [0.717, 1.165) is 36.1 Å². The molecule has 110 valence electrons. The molecule has 0 amide bonds. The molecule has 2 aromatic rings. The Morgan fingerprint density at radius 3 is 3.14 bits per heavy atom. The summed E-state index contributed by atoms with van der Waals surface area (Å²) in [6.45, 7) is 4.86. The minimum absolute atomic E-state index is 0.138. The maximum absolute atomic E-state index is 5.49. The monoisotopic (exact) mass is 285 g/mol. The Morgan fingerprint density at radius 2 is 2.38 bits per heavy atom. The molecule has 3 heterocycles. The van der Waals surface area contributed by atoms with Crippen molar-refractivity contribution in [1.82, 2.24) is 20.3 Å². The van der Waals surface area contributed by atoms with Gasteiger partial charge in [-0.3, -0.25) is 4.98 Å². The molecule has 0 aliphatic carbocycles. The number of aromatic nitrogens is 3. The summed E-state index contributed by atoms with van der Waals surface area (Å²) in [5, 5.41) is 6.73. The number of rotatable bonds is 4. The molecule has 6 nitrogen and oxygen atoms in total. The van der Waals surface area contributed by atoms with Gasteiger partial charge in [-0.15, -0.1) is 0 Å². The summed E-state index contributed by atoms with van der Waals surface area (Å²) in [4.78, 5) is 13.0. The van der Waals surface area contributed by atoms with Crippen molar-refractivity contribution in [2.24, 2.45) is 0 Å². The molecule has 0 saturated carbocycles. The quantitative estimate of drug-likeness (QED) is 0.886. The molecule has 2 aromatic heterocycles. The van der Waals surface area contributed by atoms with Crippen LogP contribution in [0.25, 0.3) is 0 Å². The van der Waals surface area contributed by atoms with Crippen molar-refractivity contribution in [3.8, 4) is 0 Å². The molecule has 1 aliphatic rings. The van der Waals surface area contributed by atoms with E-state index < -0.39 is 0 Å². The van der Waals surface area contributed by atoms with Crippen LogP contribution in [0.2, 0.25) is 0 Å². The first-order valence-corrected chi connectivity index (χ1v) is 7.11. The Kier molecular flexibility index (Phi) is 4.37. The van der Waals surface area contributed by atoms with Crippen molar-refractivity contribution < 1.29 is 4.74 Å². The molecule has 0 radical (unpaired) electrons. The van der Waals surface area contributed by atoms with Crippen LogP contribution in [-0.4, -0.2) is 34.7 Å². The first-order valence-electron chi connectivity index (χ1n) is 7.11. The van der Waals surface area contributed by atoms with Gasteiger partial charge in [0.2, 0.25) is 0 Å². The van der Waals surface area contributed by atoms with E-state index in [0.29, 0.717) is 13.2 Å². The average Bonchev–Trinajstić information content (AvgIpc) is 2.54. The van der Waals surface area contributed by atoms with E-state index in [-0.39, 0.29) is 6.04 Å². The largest absolute Gasteiger partial charge is 0.378 e. The third-order valence-corrected chi connectivity index (χ3v) is 3.33. The summed E-state index contributed by atoms with van der Waals surface area (Å²) in [5.74, 6) is 1.59. The zero-order chi connectivity index (χ0) is 14.5. The molecule has 0 unspecified atom stereocenters. The predicted molar refractivity (Wildman–Crippen MR) is 79.9 cm³/mol. The fourth-order valence-electron chi connectivity index (χ4n) is 2.31. The zero-order valence-electron chi connectivity index (χ0n) is 12.0. The van der Waals surface area contributed by atoms with Gasteiger partial charge >= 0.3 is 0 Å². The summed E-state index contributed by atoms with van der Waals surface area (Å²) in [6.07, 6.45) is 3.61. The number of aryl methyl sites for hydroxylation is 1. The van der Waals surface area contributed by atoms with Crippen molar-refractivity contribution in [3.63, 3.8) is 0 Å². The van der Waals surface area contributed by atoms with Gasteiger partial charge in [0.25, 0.3) is 0 Å². The molecule has 0 aromatic carbocycles. The number of hydrogen-bond donors (Lipinski definition) is 2. The Balaban J connectivity index is 1.71. The van der Waals surface area contributed by atoms with Gasteiger partial charge in [0, 0.05) is 31.5 Å². The predicted octanol–water partition coefficient (Wildman–Crippen LogP) is 1.45. The van der Waals surface area contributed by atoms with E-state index >= 15 is 0 Å². The van der Waals surface area contributed by atoms with E-state index in [1.807, 2.05) is 31.3 Å². The SMILES string of the molecule is Cc1nc(NCc2cccnc2)cc([C@@H]2COCCN2)n1. The van der Waals surface area contributed by atoms with Gasteiger partial charge in [0.1, 0.15) is 11.6 Å². The molecule has 21 heavy (non-hydrogen) atoms. The maximum Gasteiger partial charge on any atom is 0.130 e. The summed E-state index contributed by atoms with van der Waals surface area (Å²) in [7, 11) is 0. The normalized spacial score (nSPS) is 18.4. The summed E-state index contributed by atoms with van der Waals surface area (Å²) in [6, 6.07) is 6.08. The Morgan fingerprint density at radius 1 is 1.43 bits per heavy atom. The van der Waals surface area contributed by atoms with Crippen molar-refractivity contribution >= 4 is 5.82 Å². The molecule has 1 atom stereocenters. The van der Waals surface area contributed by atoms with Crippen LogP contribution < -0.4 is 10.6 Å². The van der Waals surface area contributed by atoms with Crippen LogP contribution in [0.3, 0.4) is 0 Å². The highest BCUT2D eigenvalue weighted by Crippen LogP contribution is 2.17. The van der Waals surface area contributed by atoms with Gasteiger partial charge in [0.05, 0.1) is 24.9 Å². The van der Waals surface area contributed by atoms with Crippen LogP contribution in [0.1, 0.15) is 23.1 Å². The molecular weight excluding hydrogens is 266 g/mol. The van der Waals surface area contributed by atoms with Crippen molar-refractivity contribution in [3.05, 3.63) is 47.7 Å². The number of morpholine rings is 1. The van der Waals surface area contributed by atoms with E-state index in [1.54, 1.807) is 6.20 Å². The van der Waals surface area contributed by atoms with Crippen LogP contribution in [0.4, 0.5) is 5.82 Å². The third kappa shape index (κ3) is 3.74. The molecule has 0 spiro atoms. The van der Waals surface area contributed by atoms with Crippen molar-refractivity contribution in [1.29, 1.82) is 0 Å². The van der Waals surface area contributed by atoms with Gasteiger partial charge in [-0.2, -0.15) is 0 Å². The number of pyridine rings is 1. The van der Waals surface area contributed by atoms with Gasteiger partial charge in [-0.1, -0.05) is 6.07 Å². The zero-order valence-corrected chi connectivity index (χ0v) is 12.0. The first kappa shape index (κ1) is 13.9. The molecule has 1 aliphatic heterocycles. The molecule has 2 N–H and O–H groups in total. The molecule has 1 saturated heterocycles. The van der Waals surface area contributed by atoms with E-state index in [9.17, 15) is 0 Å². The second-order valence-corrected chi connectivity index (χ2v) is 5.02. The number of ether oxygens (including phenoxy) is 1. The number of hydrogen-bond acceptors (Lipinski definition) is 6. The highest BCUT2D eigenvalue weighted by Gasteiger charge is 2.17. The van der Waals surface area contributed by atoms with Gasteiger partial charge < -0.3 is 15.4 Å². The Hall–Kier alpha value is -2.05. The third-order valence-electron chi connectivity index (χ3n) is 3.33. The topological polar surface area (TPSA) is 72.0 Å². The molecule has 0 bridgehead atoms. The highest BCUT2D eigenvalue weighted by molar-refractivity contribution is 5.38. The smallest absolute Gasteiger partial charge is 0.130 e. The number of anilines is 1. The van der Waals surface area contributed by atoms with Crippen LogP contribution in [0.5, 0.6) is 0 Å². The van der Waals surface area contributed by atoms with E-state index in [4.69, 9.17) is 4.74 Å². The van der Waals surface area contributed by atoms with Gasteiger partial charge in [-0.25, -0.2) is 9.97 Å². The second kappa shape index (κ2) is 6.60. The summed E-state index contributed by atoms with van der Waals surface area (Å²) < 4.78 is 5.49. The first-order chi connectivity index (χ1) is 10.3. The lowest BCUT2D eigenvalue weighted by atomic mass is 10.2. The molecular formula is C15H19N5O. The van der Waals surface area contributed by atoms with Crippen LogP contribution >= 0.6 is 0 Å². The van der Waals surface area contributed by atoms with Gasteiger partial charge in [-0.05, 0) is 18.6 Å². The van der Waals surface area contributed by atoms with Crippen molar-refractivity contribution in [2.75, 3.05) is 25.1 Å². The summed E-state index contributed by atoms with van der Waals surface area (Å²) in [5.41, 5.74) is 2.09. The highest BCUT2D eigenvalue weighted by atomic mass is 16.5. The molecule has 6 heteroatoms. The van der Waals surface area contributed by atoms with Crippen LogP contribution in [0.15, 0.2) is 30.6 Å². The minimum Gasteiger partial charge on any atom is -0.378 e. The second-order valence-electron chi connectivity index (χ2n) is 5.02. The number of nitrogens with zero attached hydrogens (tertiary/aromatic N) is 3. The Labute approximate surface area is 124 Å². The van der Waals surface area contributed by atoms with E-state index in [1.165, 1.54) is 0 Å². The summed E-state index contributed by atoms with van der Waals surface area (Å²) >= 11 is 0. The van der Waals surface area contributed by atoms with Crippen LogP contribution in [-0.2, 0) is 11.3 Å². The van der Waals surface area contributed by atoms with Crippen LogP contribution in [0, 0.1) is 6.92 Å². The Bertz CT molecular complexity index is 584. The maximum atomic E-state index is 5.49. The average molecular weight is 285 g/mol. The standard InChI is InChI=1S/C15H19N5O/c1-11-19-13(14-10-21-6-5-17-14)7-15(20-11)18-9-12-3-2-4-16-8-12/h2-4,7-8,14,17H,5-6,9-10H2,1H3,(H,18,19,20)/t14-/m0/s1. The lowest BCUT2D eigenvalue weighted by Crippen LogP contribution is -2.35. The number of nitrogens with one attached hydrogen (secondary N) is 2. The fourth-order valence-corrected chi connectivity index (χ4v) is 2.31. The molecule has 1 fully saturated rings. The van der Waals surface area contributed by atoms with Gasteiger partial charge in [0.15, 0.2) is 0 Å². The minimum atomic E-state index is 0.138.